The van der Waals surface area contributed by atoms with Gasteiger partial charge in [0.25, 0.3) is 0 Å². The molecule has 3 aromatic rings. The molecule has 5 rings (SSSR count). The zero-order chi connectivity index (χ0) is 19.7. The molecular weight excluding hydrogens is 358 g/mol. The van der Waals surface area contributed by atoms with Crippen LogP contribution in [0.5, 0.6) is 0 Å². The summed E-state index contributed by atoms with van der Waals surface area (Å²) in [5.41, 5.74) is 3.53. The topological polar surface area (TPSA) is 95.7 Å². The number of nitrogens with zero attached hydrogens (tertiary/aromatic N) is 3. The number of aromatic nitrogens is 2. The van der Waals surface area contributed by atoms with Crippen molar-refractivity contribution in [1.29, 1.82) is 0 Å². The standard InChI is InChI=1S/C21H19N3O4/c1-10(25)18-17-8-12(19(21(27)28)24(17)20(18)26)11-3-4-15-13(7-11)14-9-22-6-5-16(14)23(15)2/h3-7,9-10,17-18,25H,8H2,1-2H3,(H,27,28)/t10-,17-,18-/m1/s1. The summed E-state index contributed by atoms with van der Waals surface area (Å²) < 4.78 is 2.08. The molecule has 2 N–H and O–H groups in total. The first-order valence-electron chi connectivity index (χ1n) is 9.20. The van der Waals surface area contributed by atoms with E-state index in [9.17, 15) is 19.8 Å². The smallest absolute Gasteiger partial charge is 0.352 e. The Labute approximate surface area is 160 Å². The summed E-state index contributed by atoms with van der Waals surface area (Å²) in [7, 11) is 1.99. The third-order valence-electron chi connectivity index (χ3n) is 6.09. The van der Waals surface area contributed by atoms with Gasteiger partial charge >= 0.3 is 5.97 Å². The number of carbonyl (C=O) groups is 2. The summed E-state index contributed by atoms with van der Waals surface area (Å²) in [6.45, 7) is 1.58. The molecule has 1 fully saturated rings. The number of β-lactam (4-membered cyclic amide) rings is 1. The molecular formula is C21H19N3O4. The summed E-state index contributed by atoms with van der Waals surface area (Å²) in [6, 6.07) is 7.51. The second-order valence-corrected chi connectivity index (χ2v) is 7.56. The lowest BCUT2D eigenvalue weighted by atomic mass is 9.82. The van der Waals surface area contributed by atoms with E-state index in [1.165, 1.54) is 4.90 Å². The largest absolute Gasteiger partial charge is 0.477 e. The monoisotopic (exact) mass is 377 g/mol. The van der Waals surface area contributed by atoms with Gasteiger partial charge in [-0.15, -0.1) is 0 Å². The highest BCUT2D eigenvalue weighted by molar-refractivity contribution is 6.10. The summed E-state index contributed by atoms with van der Waals surface area (Å²) >= 11 is 0. The molecule has 2 aromatic heterocycles. The fourth-order valence-electron chi connectivity index (χ4n) is 4.78. The average Bonchev–Trinajstić information content (AvgIpc) is 3.15. The van der Waals surface area contributed by atoms with Crippen LogP contribution in [0.3, 0.4) is 0 Å². The van der Waals surface area contributed by atoms with Crippen molar-refractivity contribution >= 4 is 39.3 Å². The minimum Gasteiger partial charge on any atom is -0.477 e. The highest BCUT2D eigenvalue weighted by Crippen LogP contribution is 2.47. The number of aliphatic hydroxyl groups excluding tert-OH is 1. The third kappa shape index (κ3) is 2.05. The fourth-order valence-corrected chi connectivity index (χ4v) is 4.78. The van der Waals surface area contributed by atoms with Crippen molar-refractivity contribution in [3.05, 3.63) is 47.9 Å². The predicted octanol–water partition coefficient (Wildman–Crippen LogP) is 2.13. The summed E-state index contributed by atoms with van der Waals surface area (Å²) in [5.74, 6) is -1.98. The van der Waals surface area contributed by atoms with Crippen LogP contribution >= 0.6 is 0 Å². The maximum absolute atomic E-state index is 12.4. The highest BCUT2D eigenvalue weighted by Gasteiger charge is 2.56. The van der Waals surface area contributed by atoms with Gasteiger partial charge in [0.15, 0.2) is 0 Å². The number of aliphatic carboxylic acids is 1. The number of carbonyl (C=O) groups excluding carboxylic acids is 1. The van der Waals surface area contributed by atoms with Crippen LogP contribution in [-0.4, -0.2) is 48.7 Å². The number of carboxylic acids is 1. The van der Waals surface area contributed by atoms with Crippen molar-refractivity contribution in [3.8, 4) is 0 Å². The maximum atomic E-state index is 12.4. The number of benzene rings is 1. The number of amides is 1. The molecule has 0 bridgehead atoms. The Morgan fingerprint density at radius 3 is 2.71 bits per heavy atom. The minimum absolute atomic E-state index is 0.0320. The van der Waals surface area contributed by atoms with Crippen molar-refractivity contribution in [2.75, 3.05) is 0 Å². The van der Waals surface area contributed by atoms with Crippen LogP contribution in [0.25, 0.3) is 27.4 Å². The summed E-state index contributed by atoms with van der Waals surface area (Å²) in [4.78, 5) is 29.9. The maximum Gasteiger partial charge on any atom is 0.352 e. The predicted molar refractivity (Wildman–Crippen MR) is 103 cm³/mol. The third-order valence-corrected chi connectivity index (χ3v) is 6.09. The number of hydrogen-bond donors (Lipinski definition) is 2. The summed E-state index contributed by atoms with van der Waals surface area (Å²) in [5, 5.41) is 21.7. The quantitative estimate of drug-likeness (QED) is 0.682. The zero-order valence-corrected chi connectivity index (χ0v) is 15.5. The van der Waals surface area contributed by atoms with Crippen molar-refractivity contribution in [3.63, 3.8) is 0 Å². The van der Waals surface area contributed by atoms with E-state index in [1.54, 1.807) is 13.1 Å². The van der Waals surface area contributed by atoms with E-state index in [0.29, 0.717) is 12.0 Å². The number of fused-ring (bicyclic) bond motifs is 4. The van der Waals surface area contributed by atoms with Crippen molar-refractivity contribution in [2.45, 2.75) is 25.5 Å². The average molecular weight is 377 g/mol. The molecule has 0 unspecified atom stereocenters. The second-order valence-electron chi connectivity index (χ2n) is 7.56. The first kappa shape index (κ1) is 16.9. The normalized spacial score (nSPS) is 22.7. The van der Waals surface area contributed by atoms with Gasteiger partial charge in [0.2, 0.25) is 5.91 Å². The van der Waals surface area contributed by atoms with E-state index in [2.05, 4.69) is 9.55 Å². The number of rotatable bonds is 3. The van der Waals surface area contributed by atoms with Crippen LogP contribution in [0, 0.1) is 5.92 Å². The van der Waals surface area contributed by atoms with Gasteiger partial charge in [0.05, 0.1) is 23.6 Å². The Morgan fingerprint density at radius 1 is 1.25 bits per heavy atom. The van der Waals surface area contributed by atoms with Crippen LogP contribution < -0.4 is 0 Å². The Bertz CT molecular complexity index is 1210. The molecule has 7 nitrogen and oxygen atoms in total. The van der Waals surface area contributed by atoms with Gasteiger partial charge in [-0.2, -0.15) is 0 Å². The van der Waals surface area contributed by atoms with Gasteiger partial charge in [-0.3, -0.25) is 9.78 Å². The minimum atomic E-state index is -1.12. The molecule has 0 saturated carbocycles. The Balaban J connectivity index is 1.68. The fraction of sp³-hybridized carbons (Fsp3) is 0.286. The van der Waals surface area contributed by atoms with Gasteiger partial charge in [0, 0.05) is 35.7 Å². The van der Waals surface area contributed by atoms with Crippen LogP contribution in [0.4, 0.5) is 0 Å². The molecule has 0 spiro atoms. The lowest BCUT2D eigenvalue weighted by Gasteiger charge is -2.44. The molecule has 4 heterocycles. The van der Waals surface area contributed by atoms with Crippen LogP contribution in [0.1, 0.15) is 18.9 Å². The van der Waals surface area contributed by atoms with Gasteiger partial charge in [-0.25, -0.2) is 4.79 Å². The SMILES string of the molecule is C[C@@H](O)[C@H]1C(=O)N2C(C(=O)O)=C(c3ccc4c(c3)c3cnccc3n4C)C[C@H]12. The lowest BCUT2D eigenvalue weighted by molar-refractivity contribution is -0.161. The van der Waals surface area contributed by atoms with Gasteiger partial charge in [-0.1, -0.05) is 6.07 Å². The first-order valence-corrected chi connectivity index (χ1v) is 9.20. The Kier molecular flexibility index (Phi) is 3.42. The lowest BCUT2D eigenvalue weighted by Crippen LogP contribution is -2.61. The molecule has 3 atom stereocenters. The van der Waals surface area contributed by atoms with Gasteiger partial charge in [0.1, 0.15) is 5.70 Å². The molecule has 1 saturated heterocycles. The number of pyridine rings is 1. The zero-order valence-electron chi connectivity index (χ0n) is 15.5. The van der Waals surface area contributed by atoms with E-state index in [0.717, 1.165) is 27.4 Å². The van der Waals surface area contributed by atoms with E-state index in [-0.39, 0.29) is 17.6 Å². The molecule has 0 radical (unpaired) electrons. The molecule has 0 aliphatic carbocycles. The van der Waals surface area contributed by atoms with Crippen molar-refractivity contribution in [2.24, 2.45) is 13.0 Å². The van der Waals surface area contributed by atoms with Crippen LogP contribution in [-0.2, 0) is 16.6 Å². The Hall–Kier alpha value is -3.19. The van der Waals surface area contributed by atoms with Gasteiger partial charge in [-0.05, 0) is 42.7 Å². The van der Waals surface area contributed by atoms with Crippen LogP contribution in [0.15, 0.2) is 42.4 Å². The first-order chi connectivity index (χ1) is 13.4. The van der Waals surface area contributed by atoms with Crippen LogP contribution in [0.2, 0.25) is 0 Å². The number of carboxylic acid groups (broad SMARTS) is 1. The molecule has 2 aliphatic rings. The molecule has 1 aromatic carbocycles. The highest BCUT2D eigenvalue weighted by atomic mass is 16.4. The molecule has 142 valence electrons. The summed E-state index contributed by atoms with van der Waals surface area (Å²) in [6.07, 6.45) is 3.19. The van der Waals surface area contributed by atoms with E-state index >= 15 is 0 Å². The second kappa shape index (κ2) is 5.65. The molecule has 1 amide bonds. The molecule has 7 heteroatoms. The van der Waals surface area contributed by atoms with Gasteiger partial charge < -0.3 is 19.7 Å². The number of aryl methyl sites for hydroxylation is 1. The van der Waals surface area contributed by atoms with Crippen molar-refractivity contribution in [1.82, 2.24) is 14.5 Å². The molecule has 2 aliphatic heterocycles. The van der Waals surface area contributed by atoms with E-state index < -0.39 is 18.0 Å². The van der Waals surface area contributed by atoms with E-state index in [1.807, 2.05) is 37.5 Å². The molecule has 28 heavy (non-hydrogen) atoms. The number of aliphatic hydroxyl groups is 1. The Morgan fingerprint density at radius 2 is 2.00 bits per heavy atom. The van der Waals surface area contributed by atoms with Crippen molar-refractivity contribution < 1.29 is 19.8 Å². The van der Waals surface area contributed by atoms with E-state index in [4.69, 9.17) is 0 Å². The number of hydrogen-bond acceptors (Lipinski definition) is 4.